The van der Waals surface area contributed by atoms with Gasteiger partial charge in [0.15, 0.2) is 0 Å². The maximum Gasteiger partial charge on any atom is 0.410 e. The minimum atomic E-state index is -0.770. The van der Waals surface area contributed by atoms with Crippen LogP contribution in [0.25, 0.3) is 10.9 Å². The van der Waals surface area contributed by atoms with E-state index in [1.54, 1.807) is 7.05 Å². The van der Waals surface area contributed by atoms with Crippen LogP contribution in [0, 0.1) is 5.41 Å². The molecule has 32 heavy (non-hydrogen) atoms. The maximum absolute atomic E-state index is 13.7. The zero-order chi connectivity index (χ0) is 24.6. The molecule has 0 aliphatic carbocycles. The van der Waals surface area contributed by atoms with E-state index < -0.39 is 23.2 Å². The van der Waals surface area contributed by atoms with Gasteiger partial charge < -0.3 is 14.6 Å². The smallest absolute Gasteiger partial charge is 0.410 e. The summed E-state index contributed by atoms with van der Waals surface area (Å²) in [6.07, 6.45) is 1.54. The number of para-hydroxylation sites is 1. The Kier molecular flexibility index (Phi) is 7.08. The lowest BCUT2D eigenvalue weighted by atomic mass is 9.76. The largest absolute Gasteiger partial charge is 0.444 e. The summed E-state index contributed by atoms with van der Waals surface area (Å²) >= 11 is 0. The summed E-state index contributed by atoms with van der Waals surface area (Å²) in [7, 11) is 3.64. The molecule has 0 aliphatic rings. The number of aromatic nitrogens is 1. The van der Waals surface area contributed by atoms with E-state index in [2.05, 4.69) is 49.0 Å². The molecule has 1 aromatic carbocycles. The third-order valence-electron chi connectivity index (χ3n) is 6.25. The molecule has 2 aromatic rings. The Morgan fingerprint density at radius 1 is 1.03 bits per heavy atom. The Bertz CT molecular complexity index is 976. The maximum atomic E-state index is 13.7. The van der Waals surface area contributed by atoms with Crippen LogP contribution in [0.1, 0.15) is 67.9 Å². The highest BCUT2D eigenvalue weighted by molar-refractivity contribution is 5.91. The van der Waals surface area contributed by atoms with Crippen LogP contribution < -0.4 is 5.32 Å². The van der Waals surface area contributed by atoms with Crippen LogP contribution in [0.2, 0.25) is 0 Å². The normalized spacial score (nSPS) is 14.7. The van der Waals surface area contributed by atoms with E-state index in [-0.39, 0.29) is 17.4 Å². The molecule has 2 rings (SSSR count). The minimum Gasteiger partial charge on any atom is -0.444 e. The van der Waals surface area contributed by atoms with Crippen LogP contribution in [0.15, 0.2) is 30.5 Å². The number of carbonyl (C=O) groups excluding carboxylic acids is 2. The van der Waals surface area contributed by atoms with Gasteiger partial charge in [0.2, 0.25) is 5.91 Å². The summed E-state index contributed by atoms with van der Waals surface area (Å²) in [6, 6.07) is 7.27. The van der Waals surface area contributed by atoms with Crippen molar-refractivity contribution in [3.8, 4) is 0 Å². The van der Waals surface area contributed by atoms with Crippen LogP contribution >= 0.6 is 0 Å². The molecule has 2 unspecified atom stereocenters. The zero-order valence-corrected chi connectivity index (χ0v) is 21.7. The average Bonchev–Trinajstić information content (AvgIpc) is 2.97. The Hall–Kier alpha value is -2.50. The molecule has 6 heteroatoms. The van der Waals surface area contributed by atoms with Crippen molar-refractivity contribution in [2.75, 3.05) is 7.05 Å². The van der Waals surface area contributed by atoms with Crippen molar-refractivity contribution in [3.05, 3.63) is 36.0 Å². The Labute approximate surface area is 193 Å². The molecule has 0 aliphatic heterocycles. The molecule has 6 nitrogen and oxygen atoms in total. The number of nitrogens with one attached hydrogen (secondary N) is 1. The third-order valence-corrected chi connectivity index (χ3v) is 6.25. The lowest BCUT2D eigenvalue weighted by molar-refractivity contribution is -0.129. The lowest BCUT2D eigenvalue weighted by Crippen LogP contribution is -2.59. The molecule has 0 bridgehead atoms. The minimum absolute atomic E-state index is 0.0761. The second-order valence-corrected chi connectivity index (χ2v) is 11.5. The first kappa shape index (κ1) is 25.8. The monoisotopic (exact) mass is 443 g/mol. The molecule has 2 amide bonds. The number of likely N-dealkylation sites (N-methyl/N-ethyl adjacent to an activating group) is 1. The van der Waals surface area contributed by atoms with Crippen molar-refractivity contribution in [3.63, 3.8) is 0 Å². The van der Waals surface area contributed by atoms with E-state index in [4.69, 9.17) is 4.74 Å². The van der Waals surface area contributed by atoms with Gasteiger partial charge in [0.05, 0.1) is 0 Å². The summed E-state index contributed by atoms with van der Waals surface area (Å²) in [5.41, 5.74) is 0.629. The zero-order valence-electron chi connectivity index (χ0n) is 21.7. The Balaban J connectivity index is 2.57. The number of benzene rings is 1. The number of nitrogens with zero attached hydrogens (tertiary/aromatic N) is 2. The molecule has 2 atom stereocenters. The molecule has 1 N–H and O–H groups in total. The molecule has 0 saturated heterocycles. The average molecular weight is 444 g/mol. The van der Waals surface area contributed by atoms with Crippen molar-refractivity contribution in [1.82, 2.24) is 14.8 Å². The molecular formula is C26H41N3O3. The van der Waals surface area contributed by atoms with Crippen molar-refractivity contribution < 1.29 is 14.3 Å². The Morgan fingerprint density at radius 2 is 1.59 bits per heavy atom. The second kappa shape index (κ2) is 8.80. The van der Waals surface area contributed by atoms with Gasteiger partial charge in [0, 0.05) is 42.7 Å². The first-order valence-corrected chi connectivity index (χ1v) is 11.3. The number of hydrogen-bond donors (Lipinski definition) is 1. The number of hydrogen-bond acceptors (Lipinski definition) is 3. The molecule has 0 fully saturated rings. The molecule has 0 spiro atoms. The first-order valence-electron chi connectivity index (χ1n) is 11.3. The summed E-state index contributed by atoms with van der Waals surface area (Å²) in [6.45, 7) is 17.7. The summed E-state index contributed by atoms with van der Waals surface area (Å²) in [4.78, 5) is 28.2. The predicted molar refractivity (Wildman–Crippen MR) is 131 cm³/mol. The van der Waals surface area contributed by atoms with Crippen LogP contribution in [-0.2, 0) is 22.0 Å². The fourth-order valence-corrected chi connectivity index (χ4v) is 3.94. The van der Waals surface area contributed by atoms with Crippen molar-refractivity contribution in [2.45, 2.75) is 85.4 Å². The highest BCUT2D eigenvalue weighted by atomic mass is 16.6. The van der Waals surface area contributed by atoms with E-state index in [1.165, 1.54) is 4.90 Å². The fourth-order valence-electron chi connectivity index (χ4n) is 3.94. The van der Waals surface area contributed by atoms with Gasteiger partial charge in [-0.3, -0.25) is 9.69 Å². The van der Waals surface area contributed by atoms with Crippen LogP contribution in [0.5, 0.6) is 0 Å². The standard InChI is InChI=1S/C26H41N3O3/c1-17(24(2,3)4)27-22(30)21(29(11)23(31)32-25(5,6)7)26(8,9)19-16-28(10)20-15-13-12-14-18(19)20/h12-17,21H,1-11H3,(H,27,30). The van der Waals surface area contributed by atoms with Gasteiger partial charge in [-0.05, 0) is 44.7 Å². The molecule has 178 valence electrons. The Morgan fingerprint density at radius 3 is 2.12 bits per heavy atom. The van der Waals surface area contributed by atoms with Gasteiger partial charge in [-0.25, -0.2) is 4.79 Å². The van der Waals surface area contributed by atoms with Gasteiger partial charge in [-0.1, -0.05) is 52.8 Å². The van der Waals surface area contributed by atoms with E-state index in [0.29, 0.717) is 0 Å². The van der Waals surface area contributed by atoms with Crippen LogP contribution in [0.3, 0.4) is 0 Å². The van der Waals surface area contributed by atoms with Gasteiger partial charge in [-0.15, -0.1) is 0 Å². The molecular weight excluding hydrogens is 402 g/mol. The lowest BCUT2D eigenvalue weighted by Gasteiger charge is -2.41. The van der Waals surface area contributed by atoms with Gasteiger partial charge >= 0.3 is 6.09 Å². The van der Waals surface area contributed by atoms with E-state index >= 15 is 0 Å². The number of carbonyl (C=O) groups is 2. The SMILES string of the molecule is CC(NC(=O)C(N(C)C(=O)OC(C)(C)C)C(C)(C)c1cn(C)c2ccccc12)C(C)(C)C. The number of amides is 2. The number of aryl methyl sites for hydroxylation is 1. The summed E-state index contributed by atoms with van der Waals surface area (Å²) < 4.78 is 7.69. The van der Waals surface area contributed by atoms with E-state index in [0.717, 1.165) is 16.5 Å². The van der Waals surface area contributed by atoms with Gasteiger partial charge in [-0.2, -0.15) is 0 Å². The topological polar surface area (TPSA) is 63.6 Å². The summed E-state index contributed by atoms with van der Waals surface area (Å²) in [5.74, 6) is -0.196. The van der Waals surface area contributed by atoms with Crippen molar-refractivity contribution in [1.29, 1.82) is 0 Å². The third kappa shape index (κ3) is 5.45. The highest BCUT2D eigenvalue weighted by Gasteiger charge is 2.44. The number of rotatable bonds is 5. The molecule has 0 radical (unpaired) electrons. The van der Waals surface area contributed by atoms with E-state index in [1.807, 2.05) is 60.7 Å². The van der Waals surface area contributed by atoms with Crippen molar-refractivity contribution in [2.24, 2.45) is 12.5 Å². The van der Waals surface area contributed by atoms with Crippen LogP contribution in [-0.4, -0.2) is 46.2 Å². The van der Waals surface area contributed by atoms with Gasteiger partial charge in [0.1, 0.15) is 11.6 Å². The predicted octanol–water partition coefficient (Wildman–Crippen LogP) is 5.24. The van der Waals surface area contributed by atoms with Crippen molar-refractivity contribution >= 4 is 22.9 Å². The highest BCUT2D eigenvalue weighted by Crippen LogP contribution is 2.37. The first-order chi connectivity index (χ1) is 14.5. The number of fused-ring (bicyclic) bond motifs is 1. The fraction of sp³-hybridized carbons (Fsp3) is 0.615. The molecule has 1 aromatic heterocycles. The summed E-state index contributed by atoms with van der Waals surface area (Å²) in [5, 5.41) is 4.22. The van der Waals surface area contributed by atoms with Crippen LogP contribution in [0.4, 0.5) is 4.79 Å². The van der Waals surface area contributed by atoms with Gasteiger partial charge in [0.25, 0.3) is 0 Å². The van der Waals surface area contributed by atoms with E-state index in [9.17, 15) is 9.59 Å². The second-order valence-electron chi connectivity index (χ2n) is 11.5. The molecule has 1 heterocycles. The quantitative estimate of drug-likeness (QED) is 0.687. The molecule has 0 saturated carbocycles. The number of ether oxygens (including phenoxy) is 1.